The Kier molecular flexibility index (Phi) is 4.96. The van der Waals surface area contributed by atoms with Crippen LogP contribution >= 0.6 is 66.0 Å². The first-order valence-corrected chi connectivity index (χ1v) is 10.7. The number of hydrogen-bond donors (Lipinski definition) is 0. The van der Waals surface area contributed by atoms with Crippen LogP contribution in [-0.4, -0.2) is 4.51 Å². The van der Waals surface area contributed by atoms with E-state index >= 15 is 0 Å². The van der Waals surface area contributed by atoms with E-state index in [0.29, 0.717) is 0 Å². The minimum absolute atomic E-state index is 0.00380. The third-order valence-corrected chi connectivity index (χ3v) is 6.83. The summed E-state index contributed by atoms with van der Waals surface area (Å²) in [4.78, 5) is 1.40. The molecule has 0 nitrogen and oxygen atoms in total. The average Bonchev–Trinajstić information content (AvgIpc) is 2.83. The summed E-state index contributed by atoms with van der Waals surface area (Å²) < 4.78 is 12.7. The zero-order chi connectivity index (χ0) is 12.4. The SMILES string of the molecule is C=I/C=C\c1sc2c(=C/I)/c(=C\C)sc2c1C. The van der Waals surface area contributed by atoms with Gasteiger partial charge in [-0.2, -0.15) is 0 Å². The van der Waals surface area contributed by atoms with E-state index in [1.807, 2.05) is 22.7 Å². The minimum atomic E-state index is -0.00380. The molecule has 0 aliphatic rings. The zero-order valence-corrected chi connectivity index (χ0v) is 15.5. The minimum Gasteiger partial charge on any atom is -0.134 e. The Balaban J connectivity index is 2.82. The van der Waals surface area contributed by atoms with Crippen LogP contribution in [0.3, 0.4) is 0 Å². The van der Waals surface area contributed by atoms with Crippen molar-refractivity contribution in [1.29, 1.82) is 0 Å². The Morgan fingerprint density at radius 1 is 1.29 bits per heavy atom. The predicted molar refractivity (Wildman–Crippen MR) is 102 cm³/mol. The molecule has 0 bridgehead atoms. The van der Waals surface area contributed by atoms with Crippen LogP contribution in [0.2, 0.25) is 0 Å². The smallest absolute Gasteiger partial charge is 0.0543 e. The molecular formula is C13H12I2S2. The van der Waals surface area contributed by atoms with E-state index < -0.39 is 0 Å². The van der Waals surface area contributed by atoms with E-state index in [9.17, 15) is 0 Å². The van der Waals surface area contributed by atoms with Crippen molar-refractivity contribution in [3.8, 4) is 0 Å². The lowest BCUT2D eigenvalue weighted by Crippen LogP contribution is -2.15. The van der Waals surface area contributed by atoms with Gasteiger partial charge in [0.1, 0.15) is 0 Å². The lowest BCUT2D eigenvalue weighted by atomic mass is 10.2. The molecule has 0 aliphatic carbocycles. The lowest BCUT2D eigenvalue weighted by molar-refractivity contribution is 1.60. The molecule has 2 heterocycles. The first-order valence-electron chi connectivity index (χ1n) is 5.05. The van der Waals surface area contributed by atoms with E-state index in [4.69, 9.17) is 0 Å². The van der Waals surface area contributed by atoms with Gasteiger partial charge in [-0.3, -0.25) is 0 Å². The fourth-order valence-electron chi connectivity index (χ4n) is 1.67. The first-order chi connectivity index (χ1) is 8.22. The standard InChI is InChI=1S/C13H12I2S2/c1-4-10-9(7-14)13-12(16-10)8(2)11(17-13)5-6-15-3/h4-7H,3H2,1-2H3/b6-5-,9-7+,10-4+. The van der Waals surface area contributed by atoms with Crippen LogP contribution in [-0.2, 0) is 0 Å². The van der Waals surface area contributed by atoms with Crippen molar-refractivity contribution < 1.29 is 0 Å². The van der Waals surface area contributed by atoms with Crippen molar-refractivity contribution in [1.82, 2.24) is 0 Å². The molecule has 2 aromatic rings. The first kappa shape index (κ1) is 13.9. The van der Waals surface area contributed by atoms with Crippen molar-refractivity contribution in [2.75, 3.05) is 0 Å². The van der Waals surface area contributed by atoms with Gasteiger partial charge in [-0.15, -0.1) is 43.4 Å². The highest BCUT2D eigenvalue weighted by molar-refractivity contribution is 14.2. The van der Waals surface area contributed by atoms with Crippen LogP contribution in [0.4, 0.5) is 0 Å². The van der Waals surface area contributed by atoms with Crippen LogP contribution in [0.1, 0.15) is 17.4 Å². The van der Waals surface area contributed by atoms with Crippen LogP contribution in [0.25, 0.3) is 25.6 Å². The molecule has 0 unspecified atom stereocenters. The molecule has 90 valence electrons. The van der Waals surface area contributed by atoms with Gasteiger partial charge in [-0.1, -0.05) is 33.2 Å². The van der Waals surface area contributed by atoms with Gasteiger partial charge in [-0.25, -0.2) is 0 Å². The predicted octanol–water partition coefficient (Wildman–Crippen LogP) is 4.62. The van der Waals surface area contributed by atoms with Crippen molar-refractivity contribution in [3.63, 3.8) is 0 Å². The number of thiophene rings is 2. The Morgan fingerprint density at radius 3 is 2.65 bits per heavy atom. The molecule has 0 radical (unpaired) electrons. The van der Waals surface area contributed by atoms with Gasteiger partial charge in [0.15, 0.2) is 0 Å². The summed E-state index contributed by atoms with van der Waals surface area (Å²) >= 11 is 6.15. The van der Waals surface area contributed by atoms with E-state index in [0.717, 1.165) is 0 Å². The molecule has 0 fully saturated rings. The van der Waals surface area contributed by atoms with Gasteiger partial charge in [0, 0.05) is 19.3 Å². The monoisotopic (exact) mass is 486 g/mol. The Labute approximate surface area is 133 Å². The average molecular weight is 486 g/mol. The highest BCUT2D eigenvalue weighted by Gasteiger charge is 2.10. The lowest BCUT2D eigenvalue weighted by Gasteiger charge is -1.88. The second-order valence-corrected chi connectivity index (χ2v) is 7.80. The molecule has 0 atom stereocenters. The van der Waals surface area contributed by atoms with Gasteiger partial charge >= 0.3 is 0 Å². The second-order valence-electron chi connectivity index (χ2n) is 3.47. The molecule has 4 heteroatoms. The van der Waals surface area contributed by atoms with E-state index in [-0.39, 0.29) is 20.7 Å². The molecule has 17 heavy (non-hydrogen) atoms. The number of halogens is 2. The number of aryl methyl sites for hydroxylation is 1. The van der Waals surface area contributed by atoms with Gasteiger partial charge in [0.2, 0.25) is 0 Å². The van der Waals surface area contributed by atoms with Crippen molar-refractivity contribution in [2.24, 2.45) is 0 Å². The maximum atomic E-state index is 3.95. The second kappa shape index (κ2) is 6.08. The van der Waals surface area contributed by atoms with Gasteiger partial charge in [0.25, 0.3) is 0 Å². The van der Waals surface area contributed by atoms with E-state index in [1.54, 1.807) is 0 Å². The van der Waals surface area contributed by atoms with Gasteiger partial charge in [0.05, 0.1) is 4.70 Å². The van der Waals surface area contributed by atoms with Crippen LogP contribution in [0, 0.1) is 6.92 Å². The molecule has 0 aliphatic heterocycles. The number of hydrogen-bond acceptors (Lipinski definition) is 2. The van der Waals surface area contributed by atoms with Crippen molar-refractivity contribution >= 4 is 96.1 Å². The molecule has 0 N–H and O–H groups in total. The van der Waals surface area contributed by atoms with Gasteiger partial charge < -0.3 is 0 Å². The fraction of sp³-hybridized carbons (Fsp3) is 0.154. The zero-order valence-electron chi connectivity index (χ0n) is 9.59. The number of rotatable bonds is 2. The molecule has 0 amide bonds. The van der Waals surface area contributed by atoms with Crippen LogP contribution < -0.4 is 9.75 Å². The number of fused-ring (bicyclic) bond motifs is 1. The Bertz CT molecular complexity index is 702. The largest absolute Gasteiger partial charge is 0.134 e. The Morgan fingerprint density at radius 2 is 2.06 bits per heavy atom. The molecule has 2 aromatic heterocycles. The fourth-order valence-corrected chi connectivity index (χ4v) is 6.19. The molecule has 2 rings (SSSR count). The molecule has 0 spiro atoms. The highest BCUT2D eigenvalue weighted by atomic mass is 127. The maximum absolute atomic E-state index is 3.95. The molecule has 0 saturated heterocycles. The topological polar surface area (TPSA) is 0 Å². The summed E-state index contributed by atoms with van der Waals surface area (Å²) in [5.74, 6) is 0. The molecule has 0 aromatic carbocycles. The normalized spacial score (nSPS) is 14.5. The summed E-state index contributed by atoms with van der Waals surface area (Å²) in [5, 5.41) is 1.39. The third kappa shape index (κ3) is 2.59. The van der Waals surface area contributed by atoms with Gasteiger partial charge in [-0.05, 0) is 33.7 Å². The summed E-state index contributed by atoms with van der Waals surface area (Å²) in [6, 6.07) is 0. The molecule has 0 saturated carbocycles. The maximum Gasteiger partial charge on any atom is 0.0543 e. The van der Waals surface area contributed by atoms with Crippen molar-refractivity contribution in [2.45, 2.75) is 13.8 Å². The summed E-state index contributed by atoms with van der Waals surface area (Å²) in [7, 11) is 0. The molecular weight excluding hydrogens is 474 g/mol. The summed E-state index contributed by atoms with van der Waals surface area (Å²) in [6.07, 6.45) is 4.46. The quantitative estimate of drug-likeness (QED) is 0.544. The summed E-state index contributed by atoms with van der Waals surface area (Å²) in [5.41, 5.74) is 1.43. The van der Waals surface area contributed by atoms with Crippen LogP contribution in [0.15, 0.2) is 4.08 Å². The Hall–Kier alpha value is 0.470. The third-order valence-electron chi connectivity index (χ3n) is 2.53. The highest BCUT2D eigenvalue weighted by Crippen LogP contribution is 2.32. The van der Waals surface area contributed by atoms with Crippen molar-refractivity contribution in [3.05, 3.63) is 24.3 Å². The summed E-state index contributed by atoms with van der Waals surface area (Å²) in [6.45, 7) is 4.34. The van der Waals surface area contributed by atoms with E-state index in [2.05, 4.69) is 61.3 Å². The van der Waals surface area contributed by atoms with Crippen LogP contribution in [0.5, 0.6) is 0 Å². The van der Waals surface area contributed by atoms with E-state index in [1.165, 1.54) is 29.6 Å².